The number of carbonyl (C=O) groups is 1. The van der Waals surface area contributed by atoms with Gasteiger partial charge in [-0.3, -0.25) is 4.79 Å². The van der Waals surface area contributed by atoms with Crippen molar-refractivity contribution in [3.8, 4) is 0 Å². The minimum atomic E-state index is -1.05. The predicted molar refractivity (Wildman–Crippen MR) is 43.7 cm³/mol. The highest BCUT2D eigenvalue weighted by Gasteiger charge is 2.28. The Kier molecular flexibility index (Phi) is 4.20. The molecular weight excluding hydrogens is 160 g/mol. The van der Waals surface area contributed by atoms with E-state index in [1.807, 2.05) is 0 Å². The minimum absolute atomic E-state index is 0.420. The van der Waals surface area contributed by atoms with Gasteiger partial charge < -0.3 is 15.3 Å². The van der Waals surface area contributed by atoms with Gasteiger partial charge in [0.05, 0.1) is 18.1 Å². The predicted octanol–water partition coefficient (Wildman–Crippen LogP) is 0.0849. The zero-order chi connectivity index (χ0) is 9.89. The zero-order valence-electron chi connectivity index (χ0n) is 7.56. The molecule has 0 aliphatic rings. The van der Waals surface area contributed by atoms with Gasteiger partial charge in [-0.1, -0.05) is 6.92 Å². The lowest BCUT2D eigenvalue weighted by molar-refractivity contribution is -0.147. The van der Waals surface area contributed by atoms with Crippen LogP contribution in [-0.4, -0.2) is 33.5 Å². The van der Waals surface area contributed by atoms with E-state index in [2.05, 4.69) is 0 Å². The molecule has 0 rings (SSSR count). The van der Waals surface area contributed by atoms with Gasteiger partial charge >= 0.3 is 5.97 Å². The Balaban J connectivity index is 4.18. The van der Waals surface area contributed by atoms with Crippen LogP contribution in [0.5, 0.6) is 0 Å². The molecule has 0 fully saturated rings. The van der Waals surface area contributed by atoms with E-state index < -0.39 is 30.0 Å². The highest BCUT2D eigenvalue weighted by molar-refractivity contribution is 5.70. The summed E-state index contributed by atoms with van der Waals surface area (Å²) in [4.78, 5) is 10.4. The van der Waals surface area contributed by atoms with Crippen LogP contribution in [0.1, 0.15) is 20.8 Å². The molecule has 12 heavy (non-hydrogen) atoms. The standard InChI is InChI=1S/C8H16O4/c1-4(6(3)9)7(10)5(2)8(11)12/h4-7,9-10H,1-3H3,(H,11,12)/t4-,5-,6-,7-/m1/s1. The quantitative estimate of drug-likeness (QED) is 0.567. The average Bonchev–Trinajstić information content (AvgIpc) is 2.00. The molecule has 0 radical (unpaired) electrons. The summed E-state index contributed by atoms with van der Waals surface area (Å²) in [7, 11) is 0. The van der Waals surface area contributed by atoms with E-state index in [1.54, 1.807) is 6.92 Å². The van der Waals surface area contributed by atoms with E-state index >= 15 is 0 Å². The molecule has 0 spiro atoms. The van der Waals surface area contributed by atoms with Crippen molar-refractivity contribution in [3.63, 3.8) is 0 Å². The molecule has 0 aliphatic carbocycles. The Morgan fingerprint density at radius 2 is 1.58 bits per heavy atom. The number of carboxylic acid groups (broad SMARTS) is 1. The second-order valence-corrected chi connectivity index (χ2v) is 3.22. The molecule has 0 unspecified atom stereocenters. The van der Waals surface area contributed by atoms with Crippen LogP contribution in [0.25, 0.3) is 0 Å². The molecule has 0 aromatic heterocycles. The van der Waals surface area contributed by atoms with Gasteiger partial charge in [-0.05, 0) is 13.8 Å². The first-order chi connectivity index (χ1) is 5.37. The lowest BCUT2D eigenvalue weighted by Crippen LogP contribution is -2.36. The van der Waals surface area contributed by atoms with Crippen LogP contribution >= 0.6 is 0 Å². The molecule has 0 heterocycles. The van der Waals surface area contributed by atoms with Crippen molar-refractivity contribution in [3.05, 3.63) is 0 Å². The van der Waals surface area contributed by atoms with Gasteiger partial charge in [0.25, 0.3) is 0 Å². The van der Waals surface area contributed by atoms with Gasteiger partial charge in [0, 0.05) is 5.92 Å². The fourth-order valence-corrected chi connectivity index (χ4v) is 0.887. The first kappa shape index (κ1) is 11.4. The topological polar surface area (TPSA) is 77.8 Å². The number of aliphatic carboxylic acids is 1. The lowest BCUT2D eigenvalue weighted by Gasteiger charge is -2.24. The molecule has 0 aliphatic heterocycles. The van der Waals surface area contributed by atoms with E-state index in [-0.39, 0.29) is 0 Å². The van der Waals surface area contributed by atoms with Crippen molar-refractivity contribution in [2.45, 2.75) is 33.0 Å². The van der Waals surface area contributed by atoms with E-state index in [0.29, 0.717) is 0 Å². The average molecular weight is 176 g/mol. The summed E-state index contributed by atoms with van der Waals surface area (Å²) in [6.07, 6.45) is -1.69. The molecule has 0 aromatic rings. The van der Waals surface area contributed by atoms with Crippen molar-refractivity contribution in [2.75, 3.05) is 0 Å². The molecule has 72 valence electrons. The number of carboxylic acids is 1. The van der Waals surface area contributed by atoms with E-state index in [0.717, 1.165) is 0 Å². The Hall–Kier alpha value is -0.610. The number of aliphatic hydroxyl groups excluding tert-OH is 2. The smallest absolute Gasteiger partial charge is 0.308 e. The first-order valence-electron chi connectivity index (χ1n) is 3.96. The monoisotopic (exact) mass is 176 g/mol. The van der Waals surface area contributed by atoms with Crippen molar-refractivity contribution >= 4 is 5.97 Å². The fourth-order valence-electron chi connectivity index (χ4n) is 0.887. The highest BCUT2D eigenvalue weighted by Crippen LogP contribution is 2.16. The van der Waals surface area contributed by atoms with E-state index in [4.69, 9.17) is 10.2 Å². The molecule has 0 saturated carbocycles. The highest BCUT2D eigenvalue weighted by atomic mass is 16.4. The van der Waals surface area contributed by atoms with Crippen LogP contribution in [0.4, 0.5) is 0 Å². The maximum atomic E-state index is 10.4. The molecule has 4 atom stereocenters. The SMILES string of the molecule is C[C@@H]([C@@H](O)[C@@H](C)C(=O)O)[C@@H](C)O. The van der Waals surface area contributed by atoms with Crippen LogP contribution in [-0.2, 0) is 4.79 Å². The Morgan fingerprint density at radius 1 is 1.17 bits per heavy atom. The first-order valence-corrected chi connectivity index (χ1v) is 3.96. The third-order valence-electron chi connectivity index (χ3n) is 2.20. The Bertz CT molecular complexity index is 155. The normalized spacial score (nSPS) is 21.1. The third kappa shape index (κ3) is 2.79. The van der Waals surface area contributed by atoms with Crippen molar-refractivity contribution in [2.24, 2.45) is 11.8 Å². The number of rotatable bonds is 4. The molecule has 0 bridgehead atoms. The molecule has 0 aromatic carbocycles. The van der Waals surface area contributed by atoms with Gasteiger partial charge in [0.15, 0.2) is 0 Å². The molecule has 0 saturated heterocycles. The largest absolute Gasteiger partial charge is 0.481 e. The van der Waals surface area contributed by atoms with E-state index in [1.165, 1.54) is 13.8 Å². The summed E-state index contributed by atoms with van der Waals surface area (Å²) in [6.45, 7) is 4.57. The summed E-state index contributed by atoms with van der Waals surface area (Å²) in [6, 6.07) is 0. The van der Waals surface area contributed by atoms with Crippen molar-refractivity contribution in [1.82, 2.24) is 0 Å². The summed E-state index contributed by atoms with van der Waals surface area (Å²) in [5.74, 6) is -2.30. The number of aliphatic hydroxyl groups is 2. The van der Waals surface area contributed by atoms with Crippen molar-refractivity contribution in [1.29, 1.82) is 0 Å². The maximum Gasteiger partial charge on any atom is 0.308 e. The maximum absolute atomic E-state index is 10.4. The summed E-state index contributed by atoms with van der Waals surface area (Å²) in [5, 5.41) is 27.0. The number of hydrogen-bond donors (Lipinski definition) is 3. The molecule has 3 N–H and O–H groups in total. The molecule has 4 heteroatoms. The van der Waals surface area contributed by atoms with Gasteiger partial charge in [-0.15, -0.1) is 0 Å². The van der Waals surface area contributed by atoms with E-state index in [9.17, 15) is 9.90 Å². The Morgan fingerprint density at radius 3 is 1.83 bits per heavy atom. The summed E-state index contributed by atoms with van der Waals surface area (Å²) >= 11 is 0. The van der Waals surface area contributed by atoms with Crippen LogP contribution in [0.3, 0.4) is 0 Å². The fraction of sp³-hybridized carbons (Fsp3) is 0.875. The number of hydrogen-bond acceptors (Lipinski definition) is 3. The molecule has 0 amide bonds. The molecule has 4 nitrogen and oxygen atoms in total. The third-order valence-corrected chi connectivity index (χ3v) is 2.20. The van der Waals surface area contributed by atoms with Gasteiger partial charge in [-0.25, -0.2) is 0 Å². The summed E-state index contributed by atoms with van der Waals surface area (Å²) < 4.78 is 0. The molecular formula is C8H16O4. The van der Waals surface area contributed by atoms with Crippen LogP contribution < -0.4 is 0 Å². The summed E-state index contributed by atoms with van der Waals surface area (Å²) in [5.41, 5.74) is 0. The van der Waals surface area contributed by atoms with Crippen LogP contribution in [0.15, 0.2) is 0 Å². The van der Waals surface area contributed by atoms with Crippen LogP contribution in [0.2, 0.25) is 0 Å². The Labute approximate surface area is 71.8 Å². The minimum Gasteiger partial charge on any atom is -0.481 e. The zero-order valence-corrected chi connectivity index (χ0v) is 7.56. The van der Waals surface area contributed by atoms with Gasteiger partial charge in [0.2, 0.25) is 0 Å². The van der Waals surface area contributed by atoms with Crippen molar-refractivity contribution < 1.29 is 20.1 Å². The van der Waals surface area contributed by atoms with Crippen LogP contribution in [0, 0.1) is 11.8 Å². The van der Waals surface area contributed by atoms with Gasteiger partial charge in [0.1, 0.15) is 0 Å². The van der Waals surface area contributed by atoms with Gasteiger partial charge in [-0.2, -0.15) is 0 Å². The second-order valence-electron chi connectivity index (χ2n) is 3.22. The second kappa shape index (κ2) is 4.42. The lowest BCUT2D eigenvalue weighted by atomic mass is 9.90.